The van der Waals surface area contributed by atoms with Gasteiger partial charge in [0.05, 0.1) is 13.2 Å². The Hall–Kier alpha value is -2.08. The molecule has 0 aliphatic carbocycles. The molecule has 2 heterocycles. The second-order valence-electron chi connectivity index (χ2n) is 8.87. The predicted molar refractivity (Wildman–Crippen MR) is 119 cm³/mol. The van der Waals surface area contributed by atoms with Crippen LogP contribution >= 0.6 is 0 Å². The number of hydrogen-bond acceptors (Lipinski definition) is 5. The smallest absolute Gasteiger partial charge is 0.172 e. The minimum absolute atomic E-state index is 0.285. The Morgan fingerprint density at radius 2 is 1.06 bits per heavy atom. The number of benzene rings is 2. The van der Waals surface area contributed by atoms with Crippen molar-refractivity contribution in [3.05, 3.63) is 59.7 Å². The molecule has 2 aromatic carbocycles. The third-order valence-corrected chi connectivity index (χ3v) is 6.47. The van der Waals surface area contributed by atoms with Crippen molar-refractivity contribution in [3.63, 3.8) is 0 Å². The minimum Gasteiger partial charge on any atom is -0.508 e. The molecular weight excluding hydrogens is 392 g/mol. The van der Waals surface area contributed by atoms with E-state index in [4.69, 9.17) is 14.2 Å². The molecule has 2 aromatic rings. The van der Waals surface area contributed by atoms with Crippen LogP contribution in [-0.2, 0) is 27.1 Å². The highest BCUT2D eigenvalue weighted by Crippen LogP contribution is 2.41. The van der Waals surface area contributed by atoms with Crippen LogP contribution in [0.25, 0.3) is 0 Å². The Morgan fingerprint density at radius 1 is 0.645 bits per heavy atom. The van der Waals surface area contributed by atoms with Crippen molar-refractivity contribution in [2.24, 2.45) is 0 Å². The van der Waals surface area contributed by atoms with Crippen LogP contribution in [0.3, 0.4) is 0 Å². The van der Waals surface area contributed by atoms with Crippen LogP contribution in [0.4, 0.5) is 0 Å². The van der Waals surface area contributed by atoms with Crippen molar-refractivity contribution >= 4 is 0 Å². The molecule has 2 aliphatic heterocycles. The first-order valence-electron chi connectivity index (χ1n) is 11.6. The first-order valence-corrected chi connectivity index (χ1v) is 11.6. The summed E-state index contributed by atoms with van der Waals surface area (Å²) in [6, 6.07) is 14.8. The molecule has 0 bridgehead atoms. The van der Waals surface area contributed by atoms with Gasteiger partial charge in [0, 0.05) is 25.7 Å². The molecule has 2 saturated heterocycles. The topological polar surface area (TPSA) is 68.2 Å². The lowest BCUT2D eigenvalue weighted by Crippen LogP contribution is -2.51. The van der Waals surface area contributed by atoms with Crippen molar-refractivity contribution in [3.8, 4) is 11.5 Å². The summed E-state index contributed by atoms with van der Waals surface area (Å²) in [4.78, 5) is 0. The molecule has 2 N–H and O–H groups in total. The van der Waals surface area contributed by atoms with Crippen molar-refractivity contribution in [1.82, 2.24) is 0 Å². The fourth-order valence-corrected chi connectivity index (χ4v) is 4.64. The summed E-state index contributed by atoms with van der Waals surface area (Å²) in [6.07, 6.45) is 9.22. The summed E-state index contributed by atoms with van der Waals surface area (Å²) in [5.41, 5.74) is 2.33. The summed E-state index contributed by atoms with van der Waals surface area (Å²) < 4.78 is 19.5. The quantitative estimate of drug-likeness (QED) is 0.586. The molecule has 2 unspecified atom stereocenters. The normalized spacial score (nSPS) is 26.6. The molecule has 0 aromatic heterocycles. The van der Waals surface area contributed by atoms with Gasteiger partial charge < -0.3 is 24.4 Å². The van der Waals surface area contributed by atoms with Crippen molar-refractivity contribution in [2.45, 2.75) is 75.8 Å². The van der Waals surface area contributed by atoms with Crippen LogP contribution in [0.15, 0.2) is 48.5 Å². The highest BCUT2D eigenvalue weighted by Gasteiger charge is 2.45. The fraction of sp³-hybridized carbons (Fsp3) is 0.538. The van der Waals surface area contributed by atoms with Gasteiger partial charge in [0.15, 0.2) is 11.6 Å². The standard InChI is InChI=1S/C26H34O5/c27-23-9-5-21(6-10-23)13-17-25(15-1-3-19-29-25)31-26(16-2-4-20-30-26)18-14-22-7-11-24(28)12-8-22/h5-12,27-28H,1-4,13-20H2. The fourth-order valence-electron chi connectivity index (χ4n) is 4.64. The van der Waals surface area contributed by atoms with Crippen LogP contribution in [0.1, 0.15) is 62.5 Å². The molecule has 0 amide bonds. The highest BCUT2D eigenvalue weighted by molar-refractivity contribution is 5.26. The van der Waals surface area contributed by atoms with E-state index in [-0.39, 0.29) is 11.5 Å². The molecule has 2 aliphatic rings. The molecule has 5 heteroatoms. The second kappa shape index (κ2) is 10.0. The summed E-state index contributed by atoms with van der Waals surface area (Å²) in [6.45, 7) is 1.42. The maximum absolute atomic E-state index is 9.56. The third-order valence-electron chi connectivity index (χ3n) is 6.47. The molecule has 4 rings (SSSR count). The lowest BCUT2D eigenvalue weighted by molar-refractivity contribution is -0.380. The zero-order valence-corrected chi connectivity index (χ0v) is 18.2. The van der Waals surface area contributed by atoms with Gasteiger partial charge in [0.2, 0.25) is 0 Å². The lowest BCUT2D eigenvalue weighted by Gasteiger charge is -2.47. The summed E-state index contributed by atoms with van der Waals surface area (Å²) >= 11 is 0. The summed E-state index contributed by atoms with van der Waals surface area (Å²) in [5.74, 6) is -0.704. The first-order chi connectivity index (χ1) is 15.1. The van der Waals surface area contributed by atoms with E-state index in [1.807, 2.05) is 24.3 Å². The van der Waals surface area contributed by atoms with E-state index < -0.39 is 11.6 Å². The van der Waals surface area contributed by atoms with Gasteiger partial charge in [0.1, 0.15) is 11.5 Å². The zero-order chi connectivity index (χ0) is 21.6. The largest absolute Gasteiger partial charge is 0.508 e. The van der Waals surface area contributed by atoms with E-state index >= 15 is 0 Å². The Balaban J connectivity index is 1.48. The predicted octanol–water partition coefficient (Wildman–Crippen LogP) is 5.47. The molecule has 5 nitrogen and oxygen atoms in total. The van der Waals surface area contributed by atoms with Crippen molar-refractivity contribution < 1.29 is 24.4 Å². The SMILES string of the molecule is Oc1ccc(CCC2(OC3(CCc4ccc(O)cc4)CCCCO3)CCCCO2)cc1. The van der Waals surface area contributed by atoms with Crippen LogP contribution in [0.5, 0.6) is 11.5 Å². The molecule has 0 saturated carbocycles. The molecule has 0 radical (unpaired) electrons. The van der Waals surface area contributed by atoms with Gasteiger partial charge in [-0.2, -0.15) is 0 Å². The van der Waals surface area contributed by atoms with Gasteiger partial charge in [-0.3, -0.25) is 0 Å². The Bertz CT molecular complexity index is 733. The van der Waals surface area contributed by atoms with Crippen LogP contribution in [-0.4, -0.2) is 35.0 Å². The van der Waals surface area contributed by atoms with Gasteiger partial charge >= 0.3 is 0 Å². The molecule has 2 fully saturated rings. The molecular formula is C26H34O5. The Kier molecular flexibility index (Phi) is 7.16. The van der Waals surface area contributed by atoms with Crippen molar-refractivity contribution in [1.29, 1.82) is 0 Å². The number of hydrogen-bond donors (Lipinski definition) is 2. The number of aryl methyl sites for hydroxylation is 2. The number of phenols is 2. The van der Waals surface area contributed by atoms with E-state index in [0.717, 1.165) is 75.3 Å². The van der Waals surface area contributed by atoms with Gasteiger partial charge in [0.25, 0.3) is 0 Å². The Morgan fingerprint density at radius 3 is 1.42 bits per heavy atom. The maximum atomic E-state index is 9.56. The minimum atomic E-state index is -0.636. The van der Waals surface area contributed by atoms with Crippen LogP contribution in [0.2, 0.25) is 0 Å². The van der Waals surface area contributed by atoms with E-state index in [1.165, 1.54) is 0 Å². The summed E-state index contributed by atoms with van der Waals surface area (Å²) in [7, 11) is 0. The second-order valence-corrected chi connectivity index (χ2v) is 8.87. The van der Waals surface area contributed by atoms with Gasteiger partial charge in [-0.15, -0.1) is 0 Å². The van der Waals surface area contributed by atoms with E-state index in [9.17, 15) is 10.2 Å². The van der Waals surface area contributed by atoms with E-state index in [2.05, 4.69) is 0 Å². The monoisotopic (exact) mass is 426 g/mol. The molecule has 31 heavy (non-hydrogen) atoms. The van der Waals surface area contributed by atoms with Gasteiger partial charge in [-0.1, -0.05) is 24.3 Å². The molecule has 168 valence electrons. The number of aromatic hydroxyl groups is 2. The summed E-state index contributed by atoms with van der Waals surface area (Å²) in [5, 5.41) is 19.1. The van der Waals surface area contributed by atoms with Crippen LogP contribution < -0.4 is 0 Å². The Labute approximate surface area is 185 Å². The molecule has 2 atom stereocenters. The number of phenolic OH excluding ortho intramolecular Hbond substituents is 2. The number of ether oxygens (including phenoxy) is 3. The number of rotatable bonds is 8. The van der Waals surface area contributed by atoms with Gasteiger partial charge in [-0.05, 0) is 73.9 Å². The lowest BCUT2D eigenvalue weighted by atomic mass is 9.94. The van der Waals surface area contributed by atoms with Gasteiger partial charge in [-0.25, -0.2) is 0 Å². The molecule has 0 spiro atoms. The highest BCUT2D eigenvalue weighted by atomic mass is 16.8. The first kappa shape index (κ1) is 22.1. The zero-order valence-electron chi connectivity index (χ0n) is 18.2. The van der Waals surface area contributed by atoms with E-state index in [1.54, 1.807) is 24.3 Å². The van der Waals surface area contributed by atoms with E-state index in [0.29, 0.717) is 13.2 Å². The maximum Gasteiger partial charge on any atom is 0.172 e. The third kappa shape index (κ3) is 6.00. The van der Waals surface area contributed by atoms with Crippen LogP contribution in [0, 0.1) is 0 Å². The average Bonchev–Trinajstić information content (AvgIpc) is 2.80. The van der Waals surface area contributed by atoms with Crippen molar-refractivity contribution in [2.75, 3.05) is 13.2 Å². The average molecular weight is 427 g/mol.